The van der Waals surface area contributed by atoms with Crippen LogP contribution in [0.15, 0.2) is 24.3 Å². The molecule has 0 saturated carbocycles. The van der Waals surface area contributed by atoms with Crippen LogP contribution < -0.4 is 4.74 Å². The lowest BCUT2D eigenvalue weighted by Crippen LogP contribution is -2.37. The summed E-state index contributed by atoms with van der Waals surface area (Å²) in [7, 11) is 2.92. The number of benzene rings is 1. The molecule has 0 heterocycles. The van der Waals surface area contributed by atoms with Crippen LogP contribution in [0, 0.1) is 11.3 Å². The number of likely N-dealkylation sites (N-methyl/N-ethyl adjacent to an activating group) is 1. The van der Waals surface area contributed by atoms with Crippen molar-refractivity contribution in [3.63, 3.8) is 0 Å². The normalized spacial score (nSPS) is 11.4. The average molecular weight is 234 g/mol. The smallest absolute Gasteiger partial charge is 0.286 e. The summed E-state index contributed by atoms with van der Waals surface area (Å²) in [6.07, 6.45) is -0.645. The van der Waals surface area contributed by atoms with Gasteiger partial charge in [-0.05, 0) is 31.2 Å². The molecule has 0 radical (unpaired) electrons. The zero-order chi connectivity index (χ0) is 12.8. The Hall–Kier alpha value is -2.06. The van der Waals surface area contributed by atoms with Gasteiger partial charge in [0.1, 0.15) is 5.75 Å². The molecular weight excluding hydrogens is 220 g/mol. The number of carbonyl (C=O) groups excluding carboxylic acids is 1. The molecule has 0 aliphatic carbocycles. The Morgan fingerprint density at radius 1 is 1.41 bits per heavy atom. The van der Waals surface area contributed by atoms with Crippen LogP contribution in [-0.4, -0.2) is 31.2 Å². The minimum atomic E-state index is -0.645. The number of hydrogen-bond acceptors (Lipinski definition) is 4. The Kier molecular flexibility index (Phi) is 4.49. The third-order valence-corrected chi connectivity index (χ3v) is 2.23. The topological polar surface area (TPSA) is 62.6 Å². The van der Waals surface area contributed by atoms with Gasteiger partial charge in [0.25, 0.3) is 5.91 Å². The van der Waals surface area contributed by atoms with Crippen LogP contribution in [-0.2, 0) is 9.63 Å². The Labute approximate surface area is 100 Å². The zero-order valence-corrected chi connectivity index (χ0v) is 10.0. The maximum absolute atomic E-state index is 11.6. The monoisotopic (exact) mass is 234 g/mol. The molecule has 90 valence electrons. The minimum absolute atomic E-state index is 0.281. The van der Waals surface area contributed by atoms with Crippen molar-refractivity contribution in [3.8, 4) is 11.8 Å². The van der Waals surface area contributed by atoms with E-state index in [2.05, 4.69) is 0 Å². The van der Waals surface area contributed by atoms with Crippen LogP contribution in [0.25, 0.3) is 0 Å². The van der Waals surface area contributed by atoms with Gasteiger partial charge in [0, 0.05) is 7.05 Å². The maximum Gasteiger partial charge on any atom is 0.286 e. The molecule has 1 aromatic carbocycles. The van der Waals surface area contributed by atoms with E-state index in [9.17, 15) is 4.79 Å². The molecule has 1 rings (SSSR count). The van der Waals surface area contributed by atoms with E-state index >= 15 is 0 Å². The maximum atomic E-state index is 11.6. The summed E-state index contributed by atoms with van der Waals surface area (Å²) in [5.74, 6) is 0.256. The van der Waals surface area contributed by atoms with Gasteiger partial charge in [-0.25, -0.2) is 5.06 Å². The number of hydroxylamine groups is 2. The van der Waals surface area contributed by atoms with Gasteiger partial charge in [-0.15, -0.1) is 0 Å². The molecule has 0 fully saturated rings. The summed E-state index contributed by atoms with van der Waals surface area (Å²) in [5, 5.41) is 9.74. The van der Waals surface area contributed by atoms with Crippen LogP contribution >= 0.6 is 0 Å². The molecule has 0 spiro atoms. The lowest BCUT2D eigenvalue weighted by molar-refractivity contribution is -0.175. The first kappa shape index (κ1) is 13.0. The van der Waals surface area contributed by atoms with Crippen molar-refractivity contribution in [2.75, 3.05) is 14.2 Å². The molecule has 0 aliphatic rings. The molecule has 1 unspecified atom stereocenters. The van der Waals surface area contributed by atoms with Crippen molar-refractivity contribution in [3.05, 3.63) is 29.8 Å². The summed E-state index contributed by atoms with van der Waals surface area (Å²) in [6.45, 7) is 1.63. The number of carbonyl (C=O) groups is 1. The second-order valence-corrected chi connectivity index (χ2v) is 3.41. The molecule has 0 aliphatic heterocycles. The highest BCUT2D eigenvalue weighted by molar-refractivity contribution is 5.79. The molecule has 1 atom stereocenters. The molecule has 5 heteroatoms. The van der Waals surface area contributed by atoms with Gasteiger partial charge < -0.3 is 4.74 Å². The van der Waals surface area contributed by atoms with E-state index in [-0.39, 0.29) is 5.91 Å². The van der Waals surface area contributed by atoms with Gasteiger partial charge in [0.05, 0.1) is 18.7 Å². The van der Waals surface area contributed by atoms with Gasteiger partial charge in [0.2, 0.25) is 0 Å². The highest BCUT2D eigenvalue weighted by Crippen LogP contribution is 2.14. The van der Waals surface area contributed by atoms with Crippen LogP contribution in [0.5, 0.6) is 5.75 Å². The molecule has 0 N–H and O–H groups in total. The van der Waals surface area contributed by atoms with Crippen molar-refractivity contribution in [1.29, 1.82) is 5.26 Å². The van der Waals surface area contributed by atoms with Gasteiger partial charge in [-0.2, -0.15) is 5.26 Å². The van der Waals surface area contributed by atoms with Gasteiger partial charge in [-0.3, -0.25) is 9.63 Å². The van der Waals surface area contributed by atoms with Crippen molar-refractivity contribution in [2.45, 2.75) is 13.0 Å². The number of hydrogen-bond donors (Lipinski definition) is 0. The third kappa shape index (κ3) is 3.47. The van der Waals surface area contributed by atoms with Crippen molar-refractivity contribution >= 4 is 5.91 Å². The summed E-state index contributed by atoms with van der Waals surface area (Å²) >= 11 is 0. The molecule has 17 heavy (non-hydrogen) atoms. The van der Waals surface area contributed by atoms with Crippen molar-refractivity contribution in [2.24, 2.45) is 0 Å². The highest BCUT2D eigenvalue weighted by Gasteiger charge is 2.18. The molecule has 0 aromatic heterocycles. The van der Waals surface area contributed by atoms with Crippen LogP contribution in [0.3, 0.4) is 0 Å². The standard InChI is InChI=1S/C12H14N2O3/c1-9(12(15)14(2)16-3)17-11-6-4-10(8-13)5-7-11/h4-7,9H,1-3H3. The molecule has 0 bridgehead atoms. The van der Waals surface area contributed by atoms with Crippen LogP contribution in [0.4, 0.5) is 0 Å². The Bertz CT molecular complexity index is 422. The second-order valence-electron chi connectivity index (χ2n) is 3.41. The number of amides is 1. The number of ether oxygens (including phenoxy) is 1. The largest absolute Gasteiger partial charge is 0.481 e. The molecule has 1 aromatic rings. The first-order valence-electron chi connectivity index (χ1n) is 5.07. The summed E-state index contributed by atoms with van der Waals surface area (Å²) in [5.41, 5.74) is 0.547. The van der Waals surface area contributed by atoms with E-state index in [1.54, 1.807) is 31.2 Å². The van der Waals surface area contributed by atoms with Crippen molar-refractivity contribution < 1.29 is 14.4 Å². The molecule has 0 saturated heterocycles. The predicted molar refractivity (Wildman–Crippen MR) is 61.0 cm³/mol. The Morgan fingerprint density at radius 2 is 2.00 bits per heavy atom. The van der Waals surface area contributed by atoms with E-state index in [0.717, 1.165) is 5.06 Å². The lowest BCUT2D eigenvalue weighted by atomic mass is 10.2. The van der Waals surface area contributed by atoms with E-state index < -0.39 is 6.10 Å². The number of nitriles is 1. The molecule has 5 nitrogen and oxygen atoms in total. The lowest BCUT2D eigenvalue weighted by Gasteiger charge is -2.19. The quantitative estimate of drug-likeness (QED) is 0.738. The fourth-order valence-electron chi connectivity index (χ4n) is 1.21. The van der Waals surface area contributed by atoms with E-state index in [0.29, 0.717) is 11.3 Å². The minimum Gasteiger partial charge on any atom is -0.481 e. The summed E-state index contributed by atoms with van der Waals surface area (Å²) in [6, 6.07) is 8.57. The molecule has 1 amide bonds. The Morgan fingerprint density at radius 3 is 2.47 bits per heavy atom. The van der Waals surface area contributed by atoms with E-state index in [1.807, 2.05) is 6.07 Å². The van der Waals surface area contributed by atoms with Crippen LogP contribution in [0.2, 0.25) is 0 Å². The third-order valence-electron chi connectivity index (χ3n) is 2.23. The first-order valence-corrected chi connectivity index (χ1v) is 5.07. The molecular formula is C12H14N2O3. The fourth-order valence-corrected chi connectivity index (χ4v) is 1.21. The highest BCUT2D eigenvalue weighted by atomic mass is 16.7. The van der Waals surface area contributed by atoms with Crippen molar-refractivity contribution in [1.82, 2.24) is 5.06 Å². The van der Waals surface area contributed by atoms with Gasteiger partial charge in [-0.1, -0.05) is 0 Å². The predicted octanol–water partition coefficient (Wildman–Crippen LogP) is 1.35. The first-order chi connectivity index (χ1) is 8.08. The SMILES string of the molecule is CON(C)C(=O)C(C)Oc1ccc(C#N)cc1. The van der Waals surface area contributed by atoms with E-state index in [4.69, 9.17) is 14.8 Å². The van der Waals surface area contributed by atoms with Gasteiger partial charge in [0.15, 0.2) is 6.10 Å². The van der Waals surface area contributed by atoms with Crippen LogP contribution in [0.1, 0.15) is 12.5 Å². The Balaban J connectivity index is 2.65. The summed E-state index contributed by atoms with van der Waals surface area (Å²) < 4.78 is 5.42. The zero-order valence-electron chi connectivity index (χ0n) is 10.0. The summed E-state index contributed by atoms with van der Waals surface area (Å²) in [4.78, 5) is 16.4. The second kappa shape index (κ2) is 5.87. The number of nitrogens with zero attached hydrogens (tertiary/aromatic N) is 2. The fraction of sp³-hybridized carbons (Fsp3) is 0.333. The van der Waals surface area contributed by atoms with E-state index in [1.165, 1.54) is 14.2 Å². The van der Waals surface area contributed by atoms with Gasteiger partial charge >= 0.3 is 0 Å². The number of rotatable bonds is 4. The average Bonchev–Trinajstić information content (AvgIpc) is 2.37.